The van der Waals surface area contributed by atoms with E-state index in [1.807, 2.05) is 0 Å². The Labute approximate surface area is 113 Å². The Morgan fingerprint density at radius 3 is 2.53 bits per heavy atom. The summed E-state index contributed by atoms with van der Waals surface area (Å²) in [6.45, 7) is 0.595. The van der Waals surface area contributed by atoms with Crippen LogP contribution in [0.5, 0.6) is 0 Å². The second-order valence-corrected chi connectivity index (χ2v) is 6.43. The fourth-order valence-corrected chi connectivity index (χ4v) is 3.18. The normalized spacial score (nSPS) is 16.5. The van der Waals surface area contributed by atoms with Gasteiger partial charge in [0, 0.05) is 6.54 Å². The third-order valence-corrected chi connectivity index (χ3v) is 4.43. The lowest BCUT2D eigenvalue weighted by Crippen LogP contribution is -2.30. The van der Waals surface area contributed by atoms with E-state index in [-0.39, 0.29) is 16.4 Å². The van der Waals surface area contributed by atoms with E-state index in [0.717, 1.165) is 12.8 Å². The van der Waals surface area contributed by atoms with Gasteiger partial charge in [0.2, 0.25) is 10.0 Å². The van der Waals surface area contributed by atoms with Crippen LogP contribution in [0.4, 0.5) is 0 Å². The number of primary sulfonamides is 1. The average molecular weight is 282 g/mol. The molecule has 0 aliphatic heterocycles. The Balaban J connectivity index is 2.10. The van der Waals surface area contributed by atoms with Gasteiger partial charge in [0.15, 0.2) is 0 Å². The number of rotatable bonds is 4. The molecule has 0 bridgehead atoms. The molecule has 0 atom stereocenters. The van der Waals surface area contributed by atoms with E-state index in [1.165, 1.54) is 25.0 Å². The maximum absolute atomic E-state index is 12.0. The first-order valence-corrected chi connectivity index (χ1v) is 7.93. The summed E-state index contributed by atoms with van der Waals surface area (Å²) in [5.41, 5.74) is 0.114. The lowest BCUT2D eigenvalue weighted by atomic mass is 10.1. The molecule has 0 aromatic heterocycles. The van der Waals surface area contributed by atoms with Crippen molar-refractivity contribution in [1.29, 1.82) is 0 Å². The molecule has 1 aliphatic rings. The zero-order chi connectivity index (χ0) is 13.9. The number of carbonyl (C=O) groups is 1. The van der Waals surface area contributed by atoms with Gasteiger partial charge in [0.05, 0.1) is 10.5 Å². The Bertz CT molecular complexity index is 563. The van der Waals surface area contributed by atoms with Crippen LogP contribution in [-0.4, -0.2) is 20.9 Å². The fourth-order valence-electron chi connectivity index (χ4n) is 2.45. The van der Waals surface area contributed by atoms with Gasteiger partial charge < -0.3 is 5.32 Å². The number of sulfonamides is 1. The number of hydrogen-bond acceptors (Lipinski definition) is 3. The van der Waals surface area contributed by atoms with Crippen molar-refractivity contribution in [3.05, 3.63) is 29.8 Å². The van der Waals surface area contributed by atoms with Crippen molar-refractivity contribution >= 4 is 15.9 Å². The molecular formula is C13H18N2O3S. The minimum atomic E-state index is -3.88. The smallest absolute Gasteiger partial charge is 0.252 e. The predicted molar refractivity (Wildman–Crippen MR) is 72.1 cm³/mol. The summed E-state index contributed by atoms with van der Waals surface area (Å²) in [5.74, 6) is 0.127. The molecule has 6 heteroatoms. The second kappa shape index (κ2) is 5.71. The minimum absolute atomic E-state index is 0.114. The van der Waals surface area contributed by atoms with Crippen LogP contribution in [0.1, 0.15) is 36.0 Å². The summed E-state index contributed by atoms with van der Waals surface area (Å²) in [7, 11) is -3.88. The molecule has 1 aromatic rings. The van der Waals surface area contributed by atoms with Crippen LogP contribution in [-0.2, 0) is 10.0 Å². The molecule has 1 aliphatic carbocycles. The number of amides is 1. The van der Waals surface area contributed by atoms with Crippen molar-refractivity contribution in [2.45, 2.75) is 30.6 Å². The summed E-state index contributed by atoms with van der Waals surface area (Å²) >= 11 is 0. The maximum Gasteiger partial charge on any atom is 0.252 e. The van der Waals surface area contributed by atoms with Gasteiger partial charge in [0.25, 0.3) is 5.91 Å². The van der Waals surface area contributed by atoms with Crippen LogP contribution in [0.25, 0.3) is 0 Å². The molecule has 104 valence electrons. The molecule has 2 rings (SSSR count). The van der Waals surface area contributed by atoms with Gasteiger partial charge in [-0.25, -0.2) is 13.6 Å². The monoisotopic (exact) mass is 282 g/mol. The second-order valence-electron chi connectivity index (χ2n) is 4.90. The van der Waals surface area contributed by atoms with Crippen molar-refractivity contribution in [2.75, 3.05) is 6.54 Å². The molecule has 0 heterocycles. The minimum Gasteiger partial charge on any atom is -0.352 e. The number of benzene rings is 1. The van der Waals surface area contributed by atoms with Gasteiger partial charge in [0.1, 0.15) is 0 Å². The van der Waals surface area contributed by atoms with E-state index in [2.05, 4.69) is 5.32 Å². The highest BCUT2D eigenvalue weighted by Crippen LogP contribution is 2.24. The third-order valence-electron chi connectivity index (χ3n) is 3.46. The molecule has 1 saturated carbocycles. The summed E-state index contributed by atoms with van der Waals surface area (Å²) in [6.07, 6.45) is 4.65. The van der Waals surface area contributed by atoms with Crippen LogP contribution in [0.2, 0.25) is 0 Å². The van der Waals surface area contributed by atoms with E-state index in [0.29, 0.717) is 12.5 Å². The van der Waals surface area contributed by atoms with Crippen molar-refractivity contribution < 1.29 is 13.2 Å². The van der Waals surface area contributed by atoms with E-state index in [4.69, 9.17) is 5.14 Å². The maximum atomic E-state index is 12.0. The average Bonchev–Trinajstić information content (AvgIpc) is 2.88. The van der Waals surface area contributed by atoms with Crippen LogP contribution in [0.3, 0.4) is 0 Å². The molecule has 0 radical (unpaired) electrons. The fraction of sp³-hybridized carbons (Fsp3) is 0.462. The van der Waals surface area contributed by atoms with Gasteiger partial charge in [-0.3, -0.25) is 4.79 Å². The first-order valence-electron chi connectivity index (χ1n) is 6.38. The molecule has 5 nitrogen and oxygen atoms in total. The molecule has 19 heavy (non-hydrogen) atoms. The molecule has 0 unspecified atom stereocenters. The van der Waals surface area contributed by atoms with Crippen LogP contribution in [0, 0.1) is 5.92 Å². The lowest BCUT2D eigenvalue weighted by molar-refractivity contribution is 0.0944. The molecule has 0 spiro atoms. The van der Waals surface area contributed by atoms with E-state index >= 15 is 0 Å². The quantitative estimate of drug-likeness (QED) is 0.871. The van der Waals surface area contributed by atoms with Crippen molar-refractivity contribution in [3.63, 3.8) is 0 Å². The highest BCUT2D eigenvalue weighted by atomic mass is 32.2. The van der Waals surface area contributed by atoms with Gasteiger partial charge in [-0.2, -0.15) is 0 Å². The first-order chi connectivity index (χ1) is 8.98. The number of hydrogen-bond donors (Lipinski definition) is 2. The van der Waals surface area contributed by atoms with Crippen LogP contribution < -0.4 is 10.5 Å². The molecule has 1 fully saturated rings. The van der Waals surface area contributed by atoms with E-state index in [9.17, 15) is 13.2 Å². The predicted octanol–water partition coefficient (Wildman–Crippen LogP) is 1.25. The van der Waals surface area contributed by atoms with Crippen molar-refractivity contribution in [1.82, 2.24) is 5.32 Å². The van der Waals surface area contributed by atoms with Crippen molar-refractivity contribution in [2.24, 2.45) is 11.1 Å². The van der Waals surface area contributed by atoms with Gasteiger partial charge >= 0.3 is 0 Å². The SMILES string of the molecule is NS(=O)(=O)c1ccccc1C(=O)NCC1CCCC1. The number of nitrogens with two attached hydrogens (primary N) is 1. The Kier molecular flexibility index (Phi) is 4.21. The standard InChI is InChI=1S/C13H18N2O3S/c14-19(17,18)12-8-4-3-7-11(12)13(16)15-9-10-5-1-2-6-10/h3-4,7-8,10H,1-2,5-6,9H2,(H,15,16)(H2,14,17,18). The zero-order valence-corrected chi connectivity index (χ0v) is 11.4. The first kappa shape index (κ1) is 14.0. The molecular weight excluding hydrogens is 264 g/mol. The Hall–Kier alpha value is -1.40. The number of carbonyl (C=O) groups excluding carboxylic acids is 1. The Morgan fingerprint density at radius 1 is 1.26 bits per heavy atom. The lowest BCUT2D eigenvalue weighted by Gasteiger charge is -2.12. The highest BCUT2D eigenvalue weighted by Gasteiger charge is 2.20. The van der Waals surface area contributed by atoms with Gasteiger partial charge in [-0.15, -0.1) is 0 Å². The summed E-state index contributed by atoms with van der Waals surface area (Å²) in [5, 5.41) is 7.90. The summed E-state index contributed by atoms with van der Waals surface area (Å²) < 4.78 is 22.8. The third kappa shape index (κ3) is 3.54. The van der Waals surface area contributed by atoms with E-state index < -0.39 is 10.0 Å². The summed E-state index contributed by atoms with van der Waals surface area (Å²) in [4.78, 5) is 11.9. The van der Waals surface area contributed by atoms with Gasteiger partial charge in [-0.1, -0.05) is 25.0 Å². The largest absolute Gasteiger partial charge is 0.352 e. The Morgan fingerprint density at radius 2 is 1.89 bits per heavy atom. The molecule has 1 amide bonds. The molecule has 3 N–H and O–H groups in total. The molecule has 1 aromatic carbocycles. The number of nitrogens with one attached hydrogen (secondary N) is 1. The van der Waals surface area contributed by atoms with Crippen molar-refractivity contribution in [3.8, 4) is 0 Å². The summed E-state index contributed by atoms with van der Waals surface area (Å²) in [6, 6.07) is 6.00. The highest BCUT2D eigenvalue weighted by molar-refractivity contribution is 7.89. The van der Waals surface area contributed by atoms with E-state index in [1.54, 1.807) is 12.1 Å². The topological polar surface area (TPSA) is 89.3 Å². The zero-order valence-electron chi connectivity index (χ0n) is 10.6. The molecule has 0 saturated heterocycles. The van der Waals surface area contributed by atoms with Crippen LogP contribution in [0.15, 0.2) is 29.2 Å². The van der Waals surface area contributed by atoms with Crippen LogP contribution >= 0.6 is 0 Å². The van der Waals surface area contributed by atoms with Gasteiger partial charge in [-0.05, 0) is 30.9 Å².